The van der Waals surface area contributed by atoms with E-state index in [2.05, 4.69) is 9.47 Å². The van der Waals surface area contributed by atoms with E-state index < -0.39 is 0 Å². The average Bonchev–Trinajstić information content (AvgIpc) is 2.03. The van der Waals surface area contributed by atoms with Gasteiger partial charge in [-0.15, -0.1) is 0 Å². The molecule has 0 aromatic heterocycles. The average molecular weight is 158 g/mol. The highest BCUT2D eigenvalue weighted by atomic mass is 16.5. The van der Waals surface area contributed by atoms with Gasteiger partial charge in [0.1, 0.15) is 37.6 Å². The molecule has 0 saturated heterocycles. The zero-order valence-electron chi connectivity index (χ0n) is 6.14. The lowest BCUT2D eigenvalue weighted by Gasteiger charge is -1.89. The smallest absolute Gasteiger partial charge is 0.125 e. The quantitative estimate of drug-likeness (QED) is 0.618. The lowest BCUT2D eigenvalue weighted by Crippen LogP contribution is -1.70. The number of hydrogen-bond acceptors (Lipinski definition) is 4. The minimum absolute atomic E-state index is 0.773. The molecular formula is C7H10O4. The first-order valence-corrected chi connectivity index (χ1v) is 2.84. The van der Waals surface area contributed by atoms with Gasteiger partial charge in [0.05, 0.1) is 7.11 Å². The van der Waals surface area contributed by atoms with Gasteiger partial charge in [0.2, 0.25) is 0 Å². The minimum atomic E-state index is 0.773. The molecule has 0 spiro atoms. The fourth-order valence-electron chi connectivity index (χ4n) is 0.278. The van der Waals surface area contributed by atoms with Gasteiger partial charge in [0.25, 0.3) is 0 Å². The van der Waals surface area contributed by atoms with E-state index in [-0.39, 0.29) is 0 Å². The van der Waals surface area contributed by atoms with E-state index in [4.69, 9.17) is 9.84 Å². The van der Waals surface area contributed by atoms with E-state index in [1.807, 2.05) is 0 Å². The van der Waals surface area contributed by atoms with Crippen LogP contribution in [0.5, 0.6) is 0 Å². The zero-order valence-corrected chi connectivity index (χ0v) is 6.14. The summed E-state index contributed by atoms with van der Waals surface area (Å²) in [6, 6.07) is 0. The molecule has 0 atom stereocenters. The van der Waals surface area contributed by atoms with Crippen LogP contribution >= 0.6 is 0 Å². The Labute approximate surface area is 65.0 Å². The van der Waals surface area contributed by atoms with Gasteiger partial charge < -0.3 is 19.3 Å². The van der Waals surface area contributed by atoms with Crippen molar-refractivity contribution in [3.63, 3.8) is 0 Å². The van der Waals surface area contributed by atoms with E-state index in [1.165, 1.54) is 32.2 Å². The summed E-state index contributed by atoms with van der Waals surface area (Å²) in [6.45, 7) is 0. The molecule has 4 nitrogen and oxygen atoms in total. The van der Waals surface area contributed by atoms with Crippen molar-refractivity contribution in [3.05, 3.63) is 37.6 Å². The van der Waals surface area contributed by atoms with Crippen LogP contribution in [0.2, 0.25) is 0 Å². The summed E-state index contributed by atoms with van der Waals surface area (Å²) in [6.07, 6.45) is 7.12. The second-order valence-corrected chi connectivity index (χ2v) is 1.34. The summed E-state index contributed by atoms with van der Waals surface area (Å²) in [7, 11) is 1.51. The van der Waals surface area contributed by atoms with Crippen LogP contribution in [-0.2, 0) is 14.2 Å². The Morgan fingerprint density at radius 3 is 2.00 bits per heavy atom. The molecule has 0 aliphatic rings. The molecule has 0 aliphatic carbocycles. The molecule has 0 bridgehead atoms. The Morgan fingerprint density at radius 2 is 1.45 bits per heavy atom. The summed E-state index contributed by atoms with van der Waals surface area (Å²) < 4.78 is 13.8. The van der Waals surface area contributed by atoms with Crippen molar-refractivity contribution < 1.29 is 19.3 Å². The predicted octanol–water partition coefficient (Wildman–Crippen LogP) is 1.64. The highest BCUT2D eigenvalue weighted by Crippen LogP contribution is 1.83. The topological polar surface area (TPSA) is 47.9 Å². The van der Waals surface area contributed by atoms with Crippen LogP contribution in [0, 0.1) is 0 Å². The first-order valence-electron chi connectivity index (χ1n) is 2.84. The number of hydrogen-bond donors (Lipinski definition) is 1. The number of aliphatic hydroxyl groups is 1. The third-order valence-corrected chi connectivity index (χ3v) is 0.622. The molecule has 0 amide bonds. The third kappa shape index (κ3) is 8.42. The SMILES string of the molecule is CO/C=C\O/C=C/O/C=C\O. The Kier molecular flexibility index (Phi) is 7.21. The summed E-state index contributed by atoms with van der Waals surface area (Å²) in [5, 5.41) is 8.09. The van der Waals surface area contributed by atoms with E-state index in [1.54, 1.807) is 0 Å². The molecule has 0 heterocycles. The van der Waals surface area contributed by atoms with Gasteiger partial charge in [-0.05, 0) is 0 Å². The fourth-order valence-corrected chi connectivity index (χ4v) is 0.278. The molecule has 1 N–H and O–H groups in total. The van der Waals surface area contributed by atoms with Crippen LogP contribution in [0.3, 0.4) is 0 Å². The Balaban J connectivity index is 3.23. The van der Waals surface area contributed by atoms with Crippen LogP contribution in [-0.4, -0.2) is 12.2 Å². The highest BCUT2D eigenvalue weighted by Gasteiger charge is 1.68. The molecule has 0 fully saturated rings. The van der Waals surface area contributed by atoms with Crippen molar-refractivity contribution in [2.45, 2.75) is 0 Å². The number of ether oxygens (including phenoxy) is 3. The highest BCUT2D eigenvalue weighted by molar-refractivity contribution is 4.71. The number of rotatable bonds is 5. The molecule has 0 radical (unpaired) electrons. The van der Waals surface area contributed by atoms with Crippen LogP contribution in [0.15, 0.2) is 37.6 Å². The van der Waals surface area contributed by atoms with Gasteiger partial charge in [0.15, 0.2) is 0 Å². The maximum Gasteiger partial charge on any atom is 0.125 e. The molecular weight excluding hydrogens is 148 g/mol. The molecule has 0 unspecified atom stereocenters. The first kappa shape index (κ1) is 9.42. The largest absolute Gasteiger partial charge is 0.512 e. The lowest BCUT2D eigenvalue weighted by atomic mass is 11.0. The molecule has 0 aliphatic heterocycles. The monoisotopic (exact) mass is 158 g/mol. The van der Waals surface area contributed by atoms with Crippen molar-refractivity contribution in [2.75, 3.05) is 7.11 Å². The Morgan fingerprint density at radius 1 is 0.909 bits per heavy atom. The number of methoxy groups -OCH3 is 1. The van der Waals surface area contributed by atoms with E-state index >= 15 is 0 Å². The normalized spacial score (nSPS) is 11.4. The Hall–Kier alpha value is -1.58. The van der Waals surface area contributed by atoms with Gasteiger partial charge in [0, 0.05) is 0 Å². The van der Waals surface area contributed by atoms with E-state index in [0.717, 1.165) is 12.5 Å². The van der Waals surface area contributed by atoms with Crippen molar-refractivity contribution in [3.8, 4) is 0 Å². The van der Waals surface area contributed by atoms with E-state index in [9.17, 15) is 0 Å². The Bertz CT molecular complexity index is 149. The predicted molar refractivity (Wildman–Crippen MR) is 39.2 cm³/mol. The molecule has 4 heteroatoms. The van der Waals surface area contributed by atoms with Crippen molar-refractivity contribution >= 4 is 0 Å². The maximum absolute atomic E-state index is 8.09. The minimum Gasteiger partial charge on any atom is -0.512 e. The van der Waals surface area contributed by atoms with Gasteiger partial charge in [-0.1, -0.05) is 0 Å². The van der Waals surface area contributed by atoms with Crippen molar-refractivity contribution in [2.24, 2.45) is 0 Å². The molecule has 11 heavy (non-hydrogen) atoms. The number of aliphatic hydroxyl groups excluding tert-OH is 1. The van der Waals surface area contributed by atoms with Crippen molar-refractivity contribution in [1.82, 2.24) is 0 Å². The third-order valence-electron chi connectivity index (χ3n) is 0.622. The first-order chi connectivity index (χ1) is 5.41. The summed E-state index contributed by atoms with van der Waals surface area (Å²) in [5.41, 5.74) is 0. The van der Waals surface area contributed by atoms with Gasteiger partial charge in [-0.25, -0.2) is 0 Å². The molecule has 0 aromatic carbocycles. The summed E-state index contributed by atoms with van der Waals surface area (Å²) in [4.78, 5) is 0. The fraction of sp³-hybridized carbons (Fsp3) is 0.143. The summed E-state index contributed by atoms with van der Waals surface area (Å²) >= 11 is 0. The molecule has 0 rings (SSSR count). The van der Waals surface area contributed by atoms with Crippen LogP contribution in [0.1, 0.15) is 0 Å². The van der Waals surface area contributed by atoms with Crippen LogP contribution in [0.4, 0.5) is 0 Å². The lowest BCUT2D eigenvalue weighted by molar-refractivity contribution is 0.295. The standard InChI is InChI=1S/C7H10O4/c1-9-4-5-11-7-6-10-3-2-8/h2-8H,1H3/b3-2-,5-4-,7-6+. The van der Waals surface area contributed by atoms with Gasteiger partial charge in [-0.3, -0.25) is 0 Å². The van der Waals surface area contributed by atoms with Crippen molar-refractivity contribution in [1.29, 1.82) is 0 Å². The second-order valence-electron chi connectivity index (χ2n) is 1.34. The second kappa shape index (κ2) is 8.42. The maximum atomic E-state index is 8.09. The van der Waals surface area contributed by atoms with E-state index in [0.29, 0.717) is 0 Å². The summed E-state index contributed by atoms with van der Waals surface area (Å²) in [5.74, 6) is 0. The van der Waals surface area contributed by atoms with Crippen LogP contribution in [0.25, 0.3) is 0 Å². The zero-order chi connectivity index (χ0) is 8.36. The van der Waals surface area contributed by atoms with Gasteiger partial charge in [-0.2, -0.15) is 0 Å². The molecule has 62 valence electrons. The molecule has 0 aromatic rings. The van der Waals surface area contributed by atoms with Crippen LogP contribution < -0.4 is 0 Å². The van der Waals surface area contributed by atoms with Gasteiger partial charge >= 0.3 is 0 Å². The molecule has 0 saturated carbocycles.